The Kier molecular flexibility index (Phi) is 12.6. The third-order valence-electron chi connectivity index (χ3n) is 17.9. The molecular formula is C44H72O17. The van der Waals surface area contributed by atoms with Crippen LogP contribution in [-0.4, -0.2) is 176 Å². The van der Waals surface area contributed by atoms with Gasteiger partial charge in [0.1, 0.15) is 61.0 Å². The fourth-order valence-electron chi connectivity index (χ4n) is 14.4. The van der Waals surface area contributed by atoms with Crippen molar-refractivity contribution in [2.45, 2.75) is 203 Å². The number of hydrogen-bond donors (Lipinski definition) is 9. The molecule has 0 aromatic carbocycles. The van der Waals surface area contributed by atoms with E-state index in [0.29, 0.717) is 48.3 Å². The summed E-state index contributed by atoms with van der Waals surface area (Å²) in [6.45, 7) is 10.6. The lowest BCUT2D eigenvalue weighted by Gasteiger charge is -2.62. The molecule has 5 aliphatic heterocycles. The number of rotatable bonds is 7. The first-order chi connectivity index (χ1) is 28.9. The van der Waals surface area contributed by atoms with Gasteiger partial charge < -0.3 is 83.9 Å². The Labute approximate surface area is 357 Å². The van der Waals surface area contributed by atoms with Crippen LogP contribution >= 0.6 is 0 Å². The predicted octanol–water partition coefficient (Wildman–Crippen LogP) is -0.0961. The monoisotopic (exact) mass is 872 g/mol. The van der Waals surface area contributed by atoms with Gasteiger partial charge in [-0.3, -0.25) is 0 Å². The van der Waals surface area contributed by atoms with E-state index in [2.05, 4.69) is 27.7 Å². The highest BCUT2D eigenvalue weighted by molar-refractivity contribution is 5.16. The largest absolute Gasteiger partial charge is 0.394 e. The quantitative estimate of drug-likeness (QED) is 0.152. The lowest BCUT2D eigenvalue weighted by atomic mass is 9.44. The van der Waals surface area contributed by atoms with Crippen LogP contribution in [0.4, 0.5) is 0 Å². The Bertz CT molecular complexity index is 1530. The second kappa shape index (κ2) is 16.9. The van der Waals surface area contributed by atoms with Crippen LogP contribution in [0.1, 0.15) is 92.4 Å². The number of aliphatic hydroxyl groups is 9. The van der Waals surface area contributed by atoms with E-state index in [1.165, 1.54) is 6.92 Å². The molecule has 9 aliphatic rings. The third-order valence-corrected chi connectivity index (χ3v) is 17.9. The Balaban J connectivity index is 0.911. The number of ether oxygens (including phenoxy) is 8. The Hall–Kier alpha value is -0.680. The average molecular weight is 873 g/mol. The summed E-state index contributed by atoms with van der Waals surface area (Å²) in [6.07, 6.45) is -14.2. The number of fused-ring (bicyclic) bond motifs is 7. The smallest absolute Gasteiger partial charge is 0.187 e. The summed E-state index contributed by atoms with van der Waals surface area (Å²) >= 11 is 0. The minimum absolute atomic E-state index is 0.154. The molecule has 61 heavy (non-hydrogen) atoms. The summed E-state index contributed by atoms with van der Waals surface area (Å²) in [5.74, 6) is 2.56. The average Bonchev–Trinajstić information content (AvgIpc) is 3.68. The molecule has 0 unspecified atom stereocenters. The molecule has 1 spiro atoms. The minimum Gasteiger partial charge on any atom is -0.394 e. The van der Waals surface area contributed by atoms with Crippen LogP contribution in [0.5, 0.6) is 0 Å². The maximum atomic E-state index is 12.0. The summed E-state index contributed by atoms with van der Waals surface area (Å²) in [6, 6.07) is 0. The molecule has 0 aromatic heterocycles. The Morgan fingerprint density at radius 3 is 2.10 bits per heavy atom. The summed E-state index contributed by atoms with van der Waals surface area (Å²) in [4.78, 5) is 0. The molecule has 0 amide bonds. The Morgan fingerprint density at radius 2 is 1.38 bits per heavy atom. The van der Waals surface area contributed by atoms with Crippen molar-refractivity contribution < 1.29 is 83.9 Å². The molecule has 9 rings (SSSR count). The van der Waals surface area contributed by atoms with Gasteiger partial charge in [0.05, 0.1) is 44.2 Å². The molecule has 0 aromatic rings. The van der Waals surface area contributed by atoms with E-state index in [1.807, 2.05) is 0 Å². The van der Waals surface area contributed by atoms with Crippen molar-refractivity contribution in [3.63, 3.8) is 0 Å². The topological polar surface area (TPSA) is 256 Å². The van der Waals surface area contributed by atoms with E-state index in [9.17, 15) is 46.0 Å². The fraction of sp³-hybridized carbons (Fsp3) is 1.00. The molecule has 9 fully saturated rings. The van der Waals surface area contributed by atoms with E-state index in [0.717, 1.165) is 51.6 Å². The second-order valence-electron chi connectivity index (χ2n) is 21.2. The molecule has 4 saturated carbocycles. The summed E-state index contributed by atoms with van der Waals surface area (Å²) in [7, 11) is 0. The van der Waals surface area contributed by atoms with E-state index in [1.54, 1.807) is 0 Å². The molecule has 5 saturated heterocycles. The highest BCUT2D eigenvalue weighted by Crippen LogP contribution is 2.71. The van der Waals surface area contributed by atoms with Crippen molar-refractivity contribution in [3.05, 3.63) is 0 Å². The third kappa shape index (κ3) is 7.49. The predicted molar refractivity (Wildman–Crippen MR) is 210 cm³/mol. The van der Waals surface area contributed by atoms with E-state index >= 15 is 0 Å². The fourth-order valence-corrected chi connectivity index (χ4v) is 14.4. The van der Waals surface area contributed by atoms with Crippen molar-refractivity contribution >= 4 is 0 Å². The van der Waals surface area contributed by atoms with Gasteiger partial charge in [-0.15, -0.1) is 0 Å². The van der Waals surface area contributed by atoms with Crippen LogP contribution in [0.15, 0.2) is 0 Å². The highest BCUT2D eigenvalue weighted by Gasteiger charge is 2.69. The van der Waals surface area contributed by atoms with Gasteiger partial charge in [-0.2, -0.15) is 0 Å². The van der Waals surface area contributed by atoms with Crippen LogP contribution in [0, 0.1) is 52.3 Å². The molecule has 17 nitrogen and oxygen atoms in total. The molecule has 350 valence electrons. The SMILES string of the molecule is C[C@@H]1CC[C@@]2(OC1)O[C@H]1C[C@@H]3[C@@H]4CC[C@H]5C[C@@H](O[C@@H]6O[C@H](CO)[C@@H](O[C@@H]7OC[C@H](O)[C@@H](O)[C@H]7O)[C@H](O)[C@H]6O[C@@H]6O[C@@H](C)[C@H](O)[C@@H](O)[C@H]6O)[C@H](O)C[C@]5(C)[C@H]4CC[C@]3(C)[C@H]1[C@@H]2C. The normalized spacial score (nSPS) is 59.7. The zero-order valence-electron chi connectivity index (χ0n) is 36.1. The highest BCUT2D eigenvalue weighted by atomic mass is 16.8. The summed E-state index contributed by atoms with van der Waals surface area (Å²) in [5.41, 5.74) is 0.00513. The van der Waals surface area contributed by atoms with Crippen LogP contribution < -0.4 is 0 Å². The van der Waals surface area contributed by atoms with Gasteiger partial charge in [0, 0.05) is 12.3 Å². The molecule has 0 radical (unpaired) electrons. The molecule has 27 atom stereocenters. The lowest BCUT2D eigenvalue weighted by molar-refractivity contribution is -0.389. The van der Waals surface area contributed by atoms with Crippen molar-refractivity contribution in [1.82, 2.24) is 0 Å². The summed E-state index contributed by atoms with van der Waals surface area (Å²) < 4.78 is 49.5. The second-order valence-corrected chi connectivity index (χ2v) is 21.2. The molecule has 9 N–H and O–H groups in total. The molecular weight excluding hydrogens is 800 g/mol. The maximum Gasteiger partial charge on any atom is 0.187 e. The van der Waals surface area contributed by atoms with Gasteiger partial charge in [0.25, 0.3) is 0 Å². The van der Waals surface area contributed by atoms with E-state index < -0.39 is 111 Å². The maximum absolute atomic E-state index is 12.0. The van der Waals surface area contributed by atoms with Crippen molar-refractivity contribution in [2.24, 2.45) is 52.3 Å². The van der Waals surface area contributed by atoms with E-state index in [4.69, 9.17) is 37.9 Å². The number of aliphatic hydroxyl groups excluding tert-OH is 9. The molecule has 5 heterocycles. The van der Waals surface area contributed by atoms with Gasteiger partial charge in [-0.1, -0.05) is 27.7 Å². The van der Waals surface area contributed by atoms with Crippen LogP contribution in [0.2, 0.25) is 0 Å². The van der Waals surface area contributed by atoms with Gasteiger partial charge >= 0.3 is 0 Å². The minimum atomic E-state index is -1.75. The molecule has 17 heteroatoms. The summed E-state index contributed by atoms with van der Waals surface area (Å²) in [5, 5.41) is 97.2. The zero-order valence-corrected chi connectivity index (χ0v) is 36.1. The van der Waals surface area contributed by atoms with Gasteiger partial charge in [0.2, 0.25) is 0 Å². The first-order valence-electron chi connectivity index (χ1n) is 23.2. The molecule has 0 bridgehead atoms. The first-order valence-corrected chi connectivity index (χ1v) is 23.2. The van der Waals surface area contributed by atoms with Crippen molar-refractivity contribution in [3.8, 4) is 0 Å². The van der Waals surface area contributed by atoms with Crippen LogP contribution in [0.3, 0.4) is 0 Å². The van der Waals surface area contributed by atoms with Gasteiger partial charge in [0.15, 0.2) is 24.7 Å². The number of hydrogen-bond acceptors (Lipinski definition) is 17. The Morgan fingerprint density at radius 1 is 0.639 bits per heavy atom. The zero-order chi connectivity index (χ0) is 43.5. The van der Waals surface area contributed by atoms with Gasteiger partial charge in [-0.25, -0.2) is 0 Å². The standard InChI is InChI=1S/C44H72O17/c1-18-8-11-44(55-16-18)19(2)30-28(61-44)13-24-22-7-6-21-12-27(25(46)14-43(21,5)23(22)9-10-42(24,30)4)57-41-38(60-40-35(52)33(50)31(48)20(3)56-40)36(53)37(29(15-45)58-41)59-39-34(51)32(49)26(47)17-54-39/h18-41,45-53H,6-17H2,1-5H3/t18-,19+,20+,21+,22-,23+,24-,25-,26+,27-,28+,29-,30+,31+,32-,33-,34-,35-,36+,37-,38-,39+,40+,41-,42+,43+,44-/m1/s1. The van der Waals surface area contributed by atoms with Crippen LogP contribution in [0.25, 0.3) is 0 Å². The first kappa shape index (κ1) is 45.5. The van der Waals surface area contributed by atoms with Crippen LogP contribution in [-0.2, 0) is 37.9 Å². The lowest BCUT2D eigenvalue weighted by Crippen LogP contribution is -2.66. The van der Waals surface area contributed by atoms with E-state index in [-0.39, 0.29) is 29.5 Å². The van der Waals surface area contributed by atoms with Gasteiger partial charge in [-0.05, 0) is 105 Å². The van der Waals surface area contributed by atoms with Crippen molar-refractivity contribution in [1.29, 1.82) is 0 Å². The van der Waals surface area contributed by atoms with Crippen molar-refractivity contribution in [2.75, 3.05) is 19.8 Å². The molecule has 4 aliphatic carbocycles.